The SMILES string of the molecule is Cc1cc(NC(=O)C(C)SCC(=O)Nc2ccc(NC(N)=O)cc2)no1. The van der Waals surface area contributed by atoms with Gasteiger partial charge in [0, 0.05) is 17.4 Å². The number of urea groups is 1. The van der Waals surface area contributed by atoms with Crippen LogP contribution in [0.2, 0.25) is 0 Å². The van der Waals surface area contributed by atoms with E-state index in [1.807, 2.05) is 0 Å². The summed E-state index contributed by atoms with van der Waals surface area (Å²) in [6, 6.07) is 7.45. The van der Waals surface area contributed by atoms with Crippen molar-refractivity contribution >= 4 is 46.8 Å². The molecule has 0 bridgehead atoms. The molecule has 0 fully saturated rings. The third-order valence-electron chi connectivity index (χ3n) is 3.15. The Labute approximate surface area is 154 Å². The smallest absolute Gasteiger partial charge is 0.316 e. The minimum Gasteiger partial charge on any atom is -0.360 e. The number of carbonyl (C=O) groups excluding carboxylic acids is 3. The second-order valence-corrected chi connectivity index (χ2v) is 6.71. The fraction of sp³-hybridized carbons (Fsp3) is 0.250. The normalized spacial score (nSPS) is 11.5. The van der Waals surface area contributed by atoms with Gasteiger partial charge in [0.15, 0.2) is 5.82 Å². The second-order valence-electron chi connectivity index (χ2n) is 5.38. The minimum atomic E-state index is -0.661. The lowest BCUT2D eigenvalue weighted by Gasteiger charge is -2.11. The van der Waals surface area contributed by atoms with Gasteiger partial charge >= 0.3 is 6.03 Å². The van der Waals surface area contributed by atoms with Crippen LogP contribution in [0.25, 0.3) is 0 Å². The largest absolute Gasteiger partial charge is 0.360 e. The molecule has 0 spiro atoms. The molecular formula is C16H19N5O4S. The van der Waals surface area contributed by atoms with Crippen molar-refractivity contribution in [1.29, 1.82) is 0 Å². The van der Waals surface area contributed by atoms with Gasteiger partial charge in [0.25, 0.3) is 0 Å². The first-order chi connectivity index (χ1) is 12.3. The summed E-state index contributed by atoms with van der Waals surface area (Å²) in [6.45, 7) is 3.42. The Kier molecular flexibility index (Phi) is 6.61. The number of aryl methyl sites for hydroxylation is 1. The van der Waals surface area contributed by atoms with E-state index in [0.29, 0.717) is 23.0 Å². The number of nitrogens with zero attached hydrogens (tertiary/aromatic N) is 1. The summed E-state index contributed by atoms with van der Waals surface area (Å²) < 4.78 is 4.87. The highest BCUT2D eigenvalue weighted by Gasteiger charge is 2.16. The molecule has 4 amide bonds. The van der Waals surface area contributed by atoms with Crippen LogP contribution >= 0.6 is 11.8 Å². The first kappa shape index (κ1) is 19.3. The highest BCUT2D eigenvalue weighted by molar-refractivity contribution is 8.01. The van der Waals surface area contributed by atoms with E-state index in [4.69, 9.17) is 10.3 Å². The molecule has 138 valence electrons. The van der Waals surface area contributed by atoms with E-state index in [1.54, 1.807) is 44.2 Å². The van der Waals surface area contributed by atoms with Crippen LogP contribution in [0.5, 0.6) is 0 Å². The molecule has 0 radical (unpaired) electrons. The Morgan fingerprint density at radius 2 is 1.77 bits per heavy atom. The van der Waals surface area contributed by atoms with Crippen LogP contribution in [-0.4, -0.2) is 34.0 Å². The van der Waals surface area contributed by atoms with Crippen LogP contribution in [0.4, 0.5) is 22.0 Å². The molecule has 0 aliphatic heterocycles. The zero-order valence-corrected chi connectivity index (χ0v) is 15.1. The summed E-state index contributed by atoms with van der Waals surface area (Å²) in [4.78, 5) is 34.8. The third kappa shape index (κ3) is 6.13. The van der Waals surface area contributed by atoms with Gasteiger partial charge in [-0.1, -0.05) is 5.16 Å². The average Bonchev–Trinajstić information content (AvgIpc) is 2.98. The van der Waals surface area contributed by atoms with Gasteiger partial charge in [-0.25, -0.2) is 4.79 Å². The lowest BCUT2D eigenvalue weighted by atomic mass is 10.3. The van der Waals surface area contributed by atoms with Crippen molar-refractivity contribution in [3.63, 3.8) is 0 Å². The van der Waals surface area contributed by atoms with E-state index in [0.717, 1.165) is 0 Å². The number of hydrogen-bond acceptors (Lipinski definition) is 6. The molecule has 26 heavy (non-hydrogen) atoms. The molecule has 0 aliphatic carbocycles. The molecule has 0 aliphatic rings. The van der Waals surface area contributed by atoms with Crippen molar-refractivity contribution in [1.82, 2.24) is 5.16 Å². The second kappa shape index (κ2) is 8.90. The predicted octanol–water partition coefficient (Wildman–Crippen LogP) is 2.17. The van der Waals surface area contributed by atoms with Crippen LogP contribution in [0.15, 0.2) is 34.9 Å². The first-order valence-electron chi connectivity index (χ1n) is 7.65. The Bertz CT molecular complexity index is 790. The average molecular weight is 377 g/mol. The zero-order valence-electron chi connectivity index (χ0n) is 14.2. The van der Waals surface area contributed by atoms with E-state index in [2.05, 4.69) is 21.1 Å². The van der Waals surface area contributed by atoms with Crippen molar-refractivity contribution in [2.45, 2.75) is 19.1 Å². The first-order valence-corrected chi connectivity index (χ1v) is 8.70. The summed E-state index contributed by atoms with van der Waals surface area (Å²) in [6.07, 6.45) is 0. The Hall–Kier alpha value is -3.01. The number of primary amides is 1. The number of amides is 4. The fourth-order valence-electron chi connectivity index (χ4n) is 1.91. The van der Waals surface area contributed by atoms with Crippen LogP contribution < -0.4 is 21.7 Å². The molecule has 2 rings (SSSR count). The molecule has 5 N–H and O–H groups in total. The maximum absolute atomic E-state index is 12.0. The molecule has 10 heteroatoms. The Morgan fingerprint density at radius 3 is 2.31 bits per heavy atom. The summed E-state index contributed by atoms with van der Waals surface area (Å²) in [5, 5.41) is 11.0. The molecule has 0 saturated heterocycles. The molecule has 1 unspecified atom stereocenters. The summed E-state index contributed by atoms with van der Waals surface area (Å²) in [5.74, 6) is 0.528. The topological polar surface area (TPSA) is 139 Å². The highest BCUT2D eigenvalue weighted by atomic mass is 32.2. The molecule has 9 nitrogen and oxygen atoms in total. The number of carbonyl (C=O) groups is 3. The van der Waals surface area contributed by atoms with Crippen molar-refractivity contribution in [2.24, 2.45) is 5.73 Å². The van der Waals surface area contributed by atoms with Crippen LogP contribution in [0.3, 0.4) is 0 Å². The number of rotatable bonds is 7. The Morgan fingerprint density at radius 1 is 1.15 bits per heavy atom. The lowest BCUT2D eigenvalue weighted by Crippen LogP contribution is -2.25. The molecule has 1 atom stereocenters. The van der Waals surface area contributed by atoms with E-state index in [9.17, 15) is 14.4 Å². The van der Waals surface area contributed by atoms with Crippen LogP contribution in [-0.2, 0) is 9.59 Å². The standard InChI is InChI=1S/C16H19N5O4S/c1-9-7-13(21-25-9)20-15(23)10(2)26-8-14(22)18-11-3-5-12(6-4-11)19-16(17)24/h3-7,10H,8H2,1-2H3,(H,18,22)(H3,17,19,24)(H,20,21,23). The van der Waals surface area contributed by atoms with Gasteiger partial charge in [-0.15, -0.1) is 11.8 Å². The van der Waals surface area contributed by atoms with Crippen molar-refractivity contribution in [3.8, 4) is 0 Å². The van der Waals surface area contributed by atoms with E-state index < -0.39 is 11.3 Å². The summed E-state index contributed by atoms with van der Waals surface area (Å²) in [7, 11) is 0. The third-order valence-corrected chi connectivity index (χ3v) is 4.29. The predicted molar refractivity (Wildman–Crippen MR) is 100 cm³/mol. The monoisotopic (exact) mass is 377 g/mol. The number of thioether (sulfide) groups is 1. The molecule has 1 aromatic carbocycles. The van der Waals surface area contributed by atoms with Crippen LogP contribution in [0, 0.1) is 6.92 Å². The number of benzene rings is 1. The lowest BCUT2D eigenvalue weighted by molar-refractivity contribution is -0.115. The molecule has 2 aromatic rings. The minimum absolute atomic E-state index is 0.105. The molecular weight excluding hydrogens is 358 g/mol. The van der Waals surface area contributed by atoms with Gasteiger partial charge in [-0.05, 0) is 38.1 Å². The highest BCUT2D eigenvalue weighted by Crippen LogP contribution is 2.16. The number of anilines is 3. The van der Waals surface area contributed by atoms with Gasteiger partial charge < -0.3 is 26.2 Å². The van der Waals surface area contributed by atoms with Gasteiger partial charge in [-0.3, -0.25) is 9.59 Å². The van der Waals surface area contributed by atoms with Crippen molar-refractivity contribution in [2.75, 3.05) is 21.7 Å². The zero-order chi connectivity index (χ0) is 19.1. The number of hydrogen-bond donors (Lipinski definition) is 4. The summed E-state index contributed by atoms with van der Waals surface area (Å²) >= 11 is 1.19. The van der Waals surface area contributed by atoms with Gasteiger partial charge in [-0.2, -0.15) is 0 Å². The van der Waals surface area contributed by atoms with E-state index >= 15 is 0 Å². The molecule has 1 heterocycles. The summed E-state index contributed by atoms with van der Waals surface area (Å²) in [5.41, 5.74) is 6.12. The van der Waals surface area contributed by atoms with Gasteiger partial charge in [0.1, 0.15) is 5.76 Å². The maximum Gasteiger partial charge on any atom is 0.316 e. The number of nitrogens with two attached hydrogens (primary N) is 1. The van der Waals surface area contributed by atoms with Gasteiger partial charge in [0.05, 0.1) is 11.0 Å². The number of nitrogens with one attached hydrogen (secondary N) is 3. The van der Waals surface area contributed by atoms with Crippen molar-refractivity contribution < 1.29 is 18.9 Å². The molecule has 0 saturated carbocycles. The van der Waals surface area contributed by atoms with E-state index in [1.165, 1.54) is 11.8 Å². The van der Waals surface area contributed by atoms with Crippen molar-refractivity contribution in [3.05, 3.63) is 36.1 Å². The maximum atomic E-state index is 12.0. The van der Waals surface area contributed by atoms with E-state index in [-0.39, 0.29) is 17.6 Å². The fourth-order valence-corrected chi connectivity index (χ4v) is 2.59. The molecule has 1 aromatic heterocycles. The quantitative estimate of drug-likeness (QED) is 0.583. The number of aromatic nitrogens is 1. The van der Waals surface area contributed by atoms with Gasteiger partial charge in [0.2, 0.25) is 11.8 Å². The van der Waals surface area contributed by atoms with Crippen LogP contribution in [0.1, 0.15) is 12.7 Å². The Balaban J connectivity index is 1.76.